The summed E-state index contributed by atoms with van der Waals surface area (Å²) in [5, 5.41) is 11.2. The van der Waals surface area contributed by atoms with E-state index < -0.39 is 5.60 Å². The van der Waals surface area contributed by atoms with Crippen LogP contribution in [0.5, 0.6) is 0 Å². The molecule has 1 aliphatic rings. The quantitative estimate of drug-likeness (QED) is 0.788. The molecule has 0 radical (unpaired) electrons. The Morgan fingerprint density at radius 3 is 2.47 bits per heavy atom. The number of hydrogen-bond acceptors (Lipinski definition) is 1. The highest BCUT2D eigenvalue weighted by Gasteiger charge is 2.46. The van der Waals surface area contributed by atoms with Crippen LogP contribution in [-0.2, 0) is 5.60 Å². The summed E-state index contributed by atoms with van der Waals surface area (Å²) >= 11 is 0. The normalized spacial score (nSPS) is 28.4. The van der Waals surface area contributed by atoms with Gasteiger partial charge in [-0.25, -0.2) is 4.39 Å². The summed E-state index contributed by atoms with van der Waals surface area (Å²) in [5.74, 6) is -0.0726. The monoisotopic (exact) mass is 264 g/mol. The molecule has 1 saturated carbocycles. The first kappa shape index (κ1) is 14.5. The molecular formula is C17H25FO. The topological polar surface area (TPSA) is 20.2 Å². The minimum Gasteiger partial charge on any atom is -0.385 e. The lowest BCUT2D eigenvalue weighted by Gasteiger charge is -2.47. The number of rotatable bonds is 1. The zero-order valence-electron chi connectivity index (χ0n) is 12.5. The number of hydrogen-bond donors (Lipinski definition) is 1. The second-order valence-electron chi connectivity index (χ2n) is 7.11. The molecule has 0 heterocycles. The zero-order chi connectivity index (χ0) is 14.3. The fourth-order valence-corrected chi connectivity index (χ4v) is 3.64. The molecule has 2 rings (SSSR count). The molecule has 1 N–H and O–H groups in total. The highest BCUT2D eigenvalue weighted by molar-refractivity contribution is 5.30. The van der Waals surface area contributed by atoms with Crippen molar-refractivity contribution in [3.8, 4) is 0 Å². The maximum absolute atomic E-state index is 13.7. The largest absolute Gasteiger partial charge is 0.385 e. The van der Waals surface area contributed by atoms with Gasteiger partial charge in [0.15, 0.2) is 0 Å². The second kappa shape index (κ2) is 4.90. The van der Waals surface area contributed by atoms with Gasteiger partial charge in [-0.05, 0) is 54.4 Å². The number of halogens is 1. The lowest BCUT2D eigenvalue weighted by atomic mass is 9.61. The van der Waals surface area contributed by atoms with Gasteiger partial charge in [-0.3, -0.25) is 0 Å². The number of aryl methyl sites for hydroxylation is 1. The van der Waals surface area contributed by atoms with Gasteiger partial charge in [-0.2, -0.15) is 0 Å². The minimum absolute atomic E-state index is 0.0232. The van der Waals surface area contributed by atoms with E-state index in [1.54, 1.807) is 0 Å². The van der Waals surface area contributed by atoms with Crippen molar-refractivity contribution in [1.29, 1.82) is 0 Å². The predicted molar refractivity (Wildman–Crippen MR) is 76.4 cm³/mol. The van der Waals surface area contributed by atoms with E-state index in [1.807, 2.05) is 13.0 Å². The molecule has 0 bridgehead atoms. The summed E-state index contributed by atoms with van der Waals surface area (Å²) in [6.45, 7) is 8.38. The Bertz CT molecular complexity index is 441. The average Bonchev–Trinajstić information content (AvgIpc) is 2.26. The lowest BCUT2D eigenvalue weighted by molar-refractivity contribution is -0.0961. The Morgan fingerprint density at radius 1 is 1.21 bits per heavy atom. The van der Waals surface area contributed by atoms with E-state index in [2.05, 4.69) is 20.8 Å². The molecule has 1 fully saturated rings. The van der Waals surface area contributed by atoms with Gasteiger partial charge in [-0.1, -0.05) is 39.7 Å². The fourth-order valence-electron chi connectivity index (χ4n) is 3.64. The number of aliphatic hydroxyl groups is 1. The molecule has 1 aromatic carbocycles. The van der Waals surface area contributed by atoms with Crippen LogP contribution in [0.1, 0.15) is 57.6 Å². The molecule has 2 atom stereocenters. The van der Waals surface area contributed by atoms with Crippen LogP contribution >= 0.6 is 0 Å². The van der Waals surface area contributed by atoms with E-state index in [1.165, 1.54) is 12.1 Å². The summed E-state index contributed by atoms with van der Waals surface area (Å²) < 4.78 is 13.7. The zero-order valence-corrected chi connectivity index (χ0v) is 12.5. The van der Waals surface area contributed by atoms with Crippen LogP contribution in [0.4, 0.5) is 4.39 Å². The summed E-state index contributed by atoms with van der Waals surface area (Å²) in [7, 11) is 0. The molecule has 1 aromatic rings. The van der Waals surface area contributed by atoms with Crippen LogP contribution in [0.2, 0.25) is 0 Å². The van der Waals surface area contributed by atoms with Gasteiger partial charge in [0.25, 0.3) is 0 Å². The van der Waals surface area contributed by atoms with Gasteiger partial charge in [0.05, 0.1) is 5.60 Å². The van der Waals surface area contributed by atoms with Gasteiger partial charge in [0, 0.05) is 0 Å². The highest BCUT2D eigenvalue weighted by atomic mass is 19.1. The highest BCUT2D eigenvalue weighted by Crippen LogP contribution is 2.49. The van der Waals surface area contributed by atoms with Gasteiger partial charge >= 0.3 is 0 Å². The second-order valence-corrected chi connectivity index (χ2v) is 7.11. The molecule has 0 aromatic heterocycles. The van der Waals surface area contributed by atoms with Crippen molar-refractivity contribution in [2.24, 2.45) is 11.3 Å². The smallest absolute Gasteiger partial charge is 0.123 e. The van der Waals surface area contributed by atoms with Crippen molar-refractivity contribution in [2.45, 2.75) is 59.0 Å². The van der Waals surface area contributed by atoms with Crippen LogP contribution in [0.25, 0.3) is 0 Å². The van der Waals surface area contributed by atoms with Crippen molar-refractivity contribution in [3.05, 3.63) is 35.1 Å². The SMILES string of the molecule is Cc1cc(F)cc(C2(O)CCCCC2C(C)(C)C)c1. The molecule has 0 spiro atoms. The Hall–Kier alpha value is -0.890. The van der Waals surface area contributed by atoms with E-state index in [0.29, 0.717) is 0 Å². The molecule has 19 heavy (non-hydrogen) atoms. The third-order valence-corrected chi connectivity index (χ3v) is 4.46. The van der Waals surface area contributed by atoms with Crippen molar-refractivity contribution in [1.82, 2.24) is 0 Å². The number of benzene rings is 1. The third kappa shape index (κ3) is 2.84. The Kier molecular flexibility index (Phi) is 3.74. The van der Waals surface area contributed by atoms with Crippen LogP contribution in [0.15, 0.2) is 18.2 Å². The summed E-state index contributed by atoms with van der Waals surface area (Å²) in [6.07, 6.45) is 3.91. The Labute approximate surface area is 115 Å². The molecule has 2 heteroatoms. The van der Waals surface area contributed by atoms with Crippen molar-refractivity contribution >= 4 is 0 Å². The molecule has 0 aliphatic heterocycles. The first-order valence-corrected chi connectivity index (χ1v) is 7.23. The molecule has 2 unspecified atom stereocenters. The first-order chi connectivity index (χ1) is 8.73. The van der Waals surface area contributed by atoms with Crippen molar-refractivity contribution in [3.63, 3.8) is 0 Å². The van der Waals surface area contributed by atoms with Gasteiger partial charge in [0.1, 0.15) is 5.82 Å². The molecule has 1 aliphatic carbocycles. The van der Waals surface area contributed by atoms with E-state index in [4.69, 9.17) is 0 Å². The molecule has 1 nitrogen and oxygen atoms in total. The van der Waals surface area contributed by atoms with Crippen molar-refractivity contribution in [2.75, 3.05) is 0 Å². The van der Waals surface area contributed by atoms with Crippen LogP contribution < -0.4 is 0 Å². The summed E-state index contributed by atoms with van der Waals surface area (Å²) in [4.78, 5) is 0. The van der Waals surface area contributed by atoms with Gasteiger partial charge < -0.3 is 5.11 Å². The van der Waals surface area contributed by atoms with E-state index in [-0.39, 0.29) is 17.2 Å². The van der Waals surface area contributed by atoms with Gasteiger partial charge in [0.2, 0.25) is 0 Å². The van der Waals surface area contributed by atoms with Crippen LogP contribution in [-0.4, -0.2) is 5.11 Å². The first-order valence-electron chi connectivity index (χ1n) is 7.23. The third-order valence-electron chi connectivity index (χ3n) is 4.46. The van der Waals surface area contributed by atoms with Crippen LogP contribution in [0, 0.1) is 24.1 Å². The maximum atomic E-state index is 13.7. The molecule has 0 amide bonds. The molecule has 0 saturated heterocycles. The predicted octanol–water partition coefficient (Wildman–Crippen LogP) is 4.56. The van der Waals surface area contributed by atoms with E-state index >= 15 is 0 Å². The van der Waals surface area contributed by atoms with Crippen LogP contribution in [0.3, 0.4) is 0 Å². The molecule has 106 valence electrons. The Balaban J connectivity index is 2.48. The lowest BCUT2D eigenvalue weighted by Crippen LogP contribution is -2.44. The minimum atomic E-state index is -0.886. The van der Waals surface area contributed by atoms with Gasteiger partial charge in [-0.15, -0.1) is 0 Å². The Morgan fingerprint density at radius 2 is 1.89 bits per heavy atom. The average molecular weight is 264 g/mol. The fraction of sp³-hybridized carbons (Fsp3) is 0.647. The van der Waals surface area contributed by atoms with E-state index in [0.717, 1.165) is 36.8 Å². The molecular weight excluding hydrogens is 239 g/mol. The maximum Gasteiger partial charge on any atom is 0.123 e. The summed E-state index contributed by atoms with van der Waals surface area (Å²) in [6, 6.07) is 4.96. The van der Waals surface area contributed by atoms with Crippen molar-refractivity contribution < 1.29 is 9.50 Å². The summed E-state index contributed by atoms with van der Waals surface area (Å²) in [5.41, 5.74) is 0.768. The standard InChI is InChI=1S/C17H25FO/c1-12-9-13(11-14(18)10-12)17(19)8-6-5-7-15(17)16(2,3)4/h9-11,15,19H,5-8H2,1-4H3. The van der Waals surface area contributed by atoms with E-state index in [9.17, 15) is 9.50 Å².